The highest BCUT2D eigenvalue weighted by Gasteiger charge is 2.07. The lowest BCUT2D eigenvalue weighted by atomic mass is 10.00. The Morgan fingerprint density at radius 1 is 0.778 bits per heavy atom. The maximum atomic E-state index is 6.03. The maximum Gasteiger partial charge on any atom is 0.0734 e. The van der Waals surface area contributed by atoms with Crippen LogP contribution < -0.4 is 22.9 Å². The summed E-state index contributed by atoms with van der Waals surface area (Å²) in [5, 5.41) is 0. The Balaban J connectivity index is 4.94. The van der Waals surface area contributed by atoms with E-state index in [9.17, 15) is 0 Å². The van der Waals surface area contributed by atoms with Crippen molar-refractivity contribution in [3.05, 3.63) is 33.9 Å². The topological polar surface area (TPSA) is 104 Å². The van der Waals surface area contributed by atoms with Crippen molar-refractivity contribution in [3.8, 4) is 0 Å². The first-order chi connectivity index (χ1) is 8.34. The molecular formula is C14H28N4. The SMILES string of the molecule is CC/C(C)=C(/N)CC/C(CC)=C(N)\C(N)=C(/C)N. The normalized spacial score (nSPS) is 15.8. The summed E-state index contributed by atoms with van der Waals surface area (Å²) in [6.07, 6.45) is 3.49. The van der Waals surface area contributed by atoms with Gasteiger partial charge in [-0.2, -0.15) is 0 Å². The molecule has 0 fully saturated rings. The van der Waals surface area contributed by atoms with Crippen LogP contribution in [0, 0.1) is 0 Å². The van der Waals surface area contributed by atoms with E-state index in [1.54, 1.807) is 6.92 Å². The van der Waals surface area contributed by atoms with E-state index in [4.69, 9.17) is 22.9 Å². The van der Waals surface area contributed by atoms with E-state index >= 15 is 0 Å². The molecule has 0 atom stereocenters. The van der Waals surface area contributed by atoms with E-state index in [1.165, 1.54) is 5.57 Å². The van der Waals surface area contributed by atoms with E-state index in [0.717, 1.165) is 37.0 Å². The minimum atomic E-state index is 0.488. The Kier molecular flexibility index (Phi) is 7.01. The fourth-order valence-electron chi connectivity index (χ4n) is 1.63. The Labute approximate surface area is 111 Å². The number of allylic oxidation sites excluding steroid dienone is 4. The molecule has 0 aliphatic heterocycles. The third kappa shape index (κ3) is 4.73. The van der Waals surface area contributed by atoms with Crippen LogP contribution in [-0.4, -0.2) is 0 Å². The smallest absolute Gasteiger partial charge is 0.0734 e. The fraction of sp³-hybridized carbons (Fsp3) is 0.571. The van der Waals surface area contributed by atoms with Gasteiger partial charge in [0, 0.05) is 11.4 Å². The van der Waals surface area contributed by atoms with Crippen LogP contribution in [0.2, 0.25) is 0 Å². The zero-order chi connectivity index (χ0) is 14.3. The van der Waals surface area contributed by atoms with Crippen molar-refractivity contribution in [2.45, 2.75) is 53.4 Å². The Morgan fingerprint density at radius 3 is 1.72 bits per heavy atom. The van der Waals surface area contributed by atoms with Gasteiger partial charge >= 0.3 is 0 Å². The van der Waals surface area contributed by atoms with Gasteiger partial charge in [-0.3, -0.25) is 0 Å². The molecule has 0 unspecified atom stereocenters. The van der Waals surface area contributed by atoms with E-state index in [0.29, 0.717) is 17.1 Å². The molecule has 0 aliphatic carbocycles. The van der Waals surface area contributed by atoms with Crippen LogP contribution >= 0.6 is 0 Å². The highest BCUT2D eigenvalue weighted by atomic mass is 14.8. The summed E-state index contributed by atoms with van der Waals surface area (Å²) in [6.45, 7) is 7.98. The van der Waals surface area contributed by atoms with Crippen molar-refractivity contribution < 1.29 is 0 Å². The van der Waals surface area contributed by atoms with Crippen LogP contribution in [0.15, 0.2) is 33.9 Å². The van der Waals surface area contributed by atoms with Crippen LogP contribution in [0.4, 0.5) is 0 Å². The predicted molar refractivity (Wildman–Crippen MR) is 79.0 cm³/mol. The summed E-state index contributed by atoms with van der Waals surface area (Å²) in [7, 11) is 0. The van der Waals surface area contributed by atoms with Gasteiger partial charge in [0.25, 0.3) is 0 Å². The second-order valence-corrected chi connectivity index (χ2v) is 4.63. The predicted octanol–water partition coefficient (Wildman–Crippen LogP) is 2.18. The van der Waals surface area contributed by atoms with Gasteiger partial charge in [-0.15, -0.1) is 0 Å². The molecular weight excluding hydrogens is 224 g/mol. The van der Waals surface area contributed by atoms with E-state index in [1.807, 2.05) is 0 Å². The highest BCUT2D eigenvalue weighted by Crippen LogP contribution is 2.19. The first kappa shape index (κ1) is 16.4. The second kappa shape index (κ2) is 7.69. The summed E-state index contributed by atoms with van der Waals surface area (Å²) in [5.74, 6) is 0. The molecule has 4 heteroatoms. The summed E-state index contributed by atoms with van der Waals surface area (Å²) in [5.41, 5.74) is 28.5. The number of rotatable bonds is 6. The molecule has 8 N–H and O–H groups in total. The van der Waals surface area contributed by atoms with Crippen molar-refractivity contribution in [2.75, 3.05) is 0 Å². The molecule has 104 valence electrons. The molecule has 0 bridgehead atoms. The summed E-state index contributed by atoms with van der Waals surface area (Å²) < 4.78 is 0. The molecule has 0 amide bonds. The minimum Gasteiger partial charge on any atom is -0.402 e. The van der Waals surface area contributed by atoms with Gasteiger partial charge < -0.3 is 22.9 Å². The largest absolute Gasteiger partial charge is 0.402 e. The van der Waals surface area contributed by atoms with Gasteiger partial charge in [-0.1, -0.05) is 19.4 Å². The zero-order valence-corrected chi connectivity index (χ0v) is 12.1. The summed E-state index contributed by atoms with van der Waals surface area (Å²) >= 11 is 0. The number of hydrogen-bond donors (Lipinski definition) is 4. The monoisotopic (exact) mass is 252 g/mol. The minimum absolute atomic E-state index is 0.488. The first-order valence-electron chi connectivity index (χ1n) is 6.48. The van der Waals surface area contributed by atoms with Crippen molar-refractivity contribution in [1.82, 2.24) is 0 Å². The Hall–Kier alpha value is -1.58. The molecule has 18 heavy (non-hydrogen) atoms. The number of nitrogens with two attached hydrogens (primary N) is 4. The third-order valence-corrected chi connectivity index (χ3v) is 3.30. The van der Waals surface area contributed by atoms with Crippen LogP contribution in [0.1, 0.15) is 53.4 Å². The van der Waals surface area contributed by atoms with Gasteiger partial charge in [0.2, 0.25) is 0 Å². The van der Waals surface area contributed by atoms with Crippen molar-refractivity contribution in [2.24, 2.45) is 22.9 Å². The highest BCUT2D eigenvalue weighted by molar-refractivity contribution is 5.33. The number of hydrogen-bond acceptors (Lipinski definition) is 4. The standard InChI is InChI=1S/C14H28N4/c1-5-9(3)12(16)8-7-11(6-2)14(18)13(17)10(4)15/h5-8,15-18H2,1-4H3/b12-9+,13-10-,14-11+. The van der Waals surface area contributed by atoms with E-state index in [2.05, 4.69) is 20.8 Å². The molecule has 0 radical (unpaired) electrons. The molecule has 0 saturated carbocycles. The van der Waals surface area contributed by atoms with Crippen molar-refractivity contribution >= 4 is 0 Å². The van der Waals surface area contributed by atoms with Gasteiger partial charge in [0.1, 0.15) is 0 Å². The molecule has 0 aromatic carbocycles. The summed E-state index contributed by atoms with van der Waals surface area (Å²) in [6, 6.07) is 0. The maximum absolute atomic E-state index is 6.03. The van der Waals surface area contributed by atoms with Crippen LogP contribution in [0.3, 0.4) is 0 Å². The Bertz CT molecular complexity index is 371. The van der Waals surface area contributed by atoms with Crippen LogP contribution in [0.25, 0.3) is 0 Å². The second-order valence-electron chi connectivity index (χ2n) is 4.63. The average Bonchev–Trinajstić information content (AvgIpc) is 2.36. The fourth-order valence-corrected chi connectivity index (χ4v) is 1.63. The average molecular weight is 252 g/mol. The van der Waals surface area contributed by atoms with Crippen LogP contribution in [-0.2, 0) is 0 Å². The molecule has 0 heterocycles. The van der Waals surface area contributed by atoms with Crippen LogP contribution in [0.5, 0.6) is 0 Å². The first-order valence-corrected chi connectivity index (χ1v) is 6.48. The van der Waals surface area contributed by atoms with Crippen molar-refractivity contribution in [1.29, 1.82) is 0 Å². The lowest BCUT2D eigenvalue weighted by molar-refractivity contribution is 0.826. The lowest BCUT2D eigenvalue weighted by Gasteiger charge is -2.13. The molecule has 0 rings (SSSR count). The molecule has 4 nitrogen and oxygen atoms in total. The lowest BCUT2D eigenvalue weighted by Crippen LogP contribution is -2.17. The molecule has 0 aromatic heterocycles. The third-order valence-electron chi connectivity index (χ3n) is 3.30. The van der Waals surface area contributed by atoms with Crippen molar-refractivity contribution in [3.63, 3.8) is 0 Å². The summed E-state index contributed by atoms with van der Waals surface area (Å²) in [4.78, 5) is 0. The Morgan fingerprint density at radius 2 is 1.33 bits per heavy atom. The molecule has 0 spiro atoms. The van der Waals surface area contributed by atoms with Gasteiger partial charge in [0.15, 0.2) is 0 Å². The van der Waals surface area contributed by atoms with Gasteiger partial charge in [-0.05, 0) is 45.1 Å². The van der Waals surface area contributed by atoms with Gasteiger partial charge in [0.05, 0.1) is 11.4 Å². The molecule has 0 saturated heterocycles. The molecule has 0 aromatic rings. The molecule has 0 aliphatic rings. The van der Waals surface area contributed by atoms with E-state index < -0.39 is 0 Å². The van der Waals surface area contributed by atoms with Gasteiger partial charge in [-0.25, -0.2) is 0 Å². The zero-order valence-electron chi connectivity index (χ0n) is 12.1. The quantitative estimate of drug-likeness (QED) is 0.544. The van der Waals surface area contributed by atoms with E-state index in [-0.39, 0.29) is 0 Å².